The van der Waals surface area contributed by atoms with Gasteiger partial charge in [-0.15, -0.1) is 0 Å². The number of Topliss-reactive ketones (excluding diaryl/α,β-unsaturated/α-hetero) is 1. The zero-order valence-corrected chi connectivity index (χ0v) is 17.6. The maximum absolute atomic E-state index is 12.2. The standard InChI is InChI=1S/C23H40O4/c1-4-5-6-10-17-23(2,3)21(25)16-14-18-13-15-20(24)19(18)11-8-7-9-12-22(26)27/h14,16,18-19,21,25H,4-13,15,17H2,1-3H3,(H,26,27)/t18-,19-,21?/m0/s1. The molecule has 0 radical (unpaired) electrons. The lowest BCUT2D eigenvalue weighted by atomic mass is 9.80. The topological polar surface area (TPSA) is 74.6 Å². The highest BCUT2D eigenvalue weighted by Crippen LogP contribution is 2.35. The van der Waals surface area contributed by atoms with Crippen LogP contribution in [-0.2, 0) is 9.59 Å². The predicted molar refractivity (Wildman–Crippen MR) is 110 cm³/mol. The van der Waals surface area contributed by atoms with Crippen molar-refractivity contribution in [3.63, 3.8) is 0 Å². The van der Waals surface area contributed by atoms with Gasteiger partial charge in [0.25, 0.3) is 0 Å². The first kappa shape index (κ1) is 23.9. The molecular formula is C23H40O4. The Labute approximate surface area is 165 Å². The number of allylic oxidation sites excluding steroid dienone is 1. The number of carbonyl (C=O) groups excluding carboxylic acids is 1. The molecule has 27 heavy (non-hydrogen) atoms. The van der Waals surface area contributed by atoms with Gasteiger partial charge in [0.2, 0.25) is 0 Å². The molecule has 1 unspecified atom stereocenters. The van der Waals surface area contributed by atoms with Crippen molar-refractivity contribution in [2.24, 2.45) is 17.3 Å². The van der Waals surface area contributed by atoms with Gasteiger partial charge in [0.1, 0.15) is 5.78 Å². The van der Waals surface area contributed by atoms with Gasteiger partial charge in [-0.05, 0) is 37.0 Å². The fourth-order valence-corrected chi connectivity index (χ4v) is 4.02. The van der Waals surface area contributed by atoms with E-state index in [9.17, 15) is 14.7 Å². The minimum Gasteiger partial charge on any atom is -0.481 e. The van der Waals surface area contributed by atoms with E-state index in [-0.39, 0.29) is 23.7 Å². The van der Waals surface area contributed by atoms with Crippen LogP contribution < -0.4 is 0 Å². The summed E-state index contributed by atoms with van der Waals surface area (Å²) in [4.78, 5) is 22.8. The van der Waals surface area contributed by atoms with E-state index in [2.05, 4.69) is 26.8 Å². The number of aliphatic hydroxyl groups excluding tert-OH is 1. The van der Waals surface area contributed by atoms with Crippen molar-refractivity contribution in [3.8, 4) is 0 Å². The van der Waals surface area contributed by atoms with Crippen molar-refractivity contribution >= 4 is 11.8 Å². The third-order valence-electron chi connectivity index (χ3n) is 6.08. The fraction of sp³-hybridized carbons (Fsp3) is 0.826. The Bertz CT molecular complexity index is 481. The van der Waals surface area contributed by atoms with Gasteiger partial charge in [0.15, 0.2) is 0 Å². The normalized spacial score (nSPS) is 21.9. The van der Waals surface area contributed by atoms with Gasteiger partial charge in [-0.2, -0.15) is 0 Å². The molecule has 2 N–H and O–H groups in total. The Kier molecular flexibility index (Phi) is 10.9. The van der Waals surface area contributed by atoms with Crippen molar-refractivity contribution in [1.82, 2.24) is 0 Å². The van der Waals surface area contributed by atoms with E-state index in [1.165, 1.54) is 19.3 Å². The van der Waals surface area contributed by atoms with Gasteiger partial charge < -0.3 is 10.2 Å². The van der Waals surface area contributed by atoms with E-state index in [0.717, 1.165) is 38.5 Å². The molecule has 0 bridgehead atoms. The molecule has 0 saturated heterocycles. The first-order chi connectivity index (χ1) is 12.8. The van der Waals surface area contributed by atoms with Gasteiger partial charge in [-0.1, -0.05) is 71.4 Å². The molecule has 0 aliphatic heterocycles. The van der Waals surface area contributed by atoms with E-state index >= 15 is 0 Å². The number of aliphatic hydroxyl groups is 1. The molecule has 3 atom stereocenters. The Balaban J connectivity index is 2.46. The van der Waals surface area contributed by atoms with Crippen LogP contribution in [0.25, 0.3) is 0 Å². The van der Waals surface area contributed by atoms with E-state index in [0.29, 0.717) is 18.6 Å². The number of carbonyl (C=O) groups is 2. The quantitative estimate of drug-likeness (QED) is 0.307. The lowest BCUT2D eigenvalue weighted by Crippen LogP contribution is -2.27. The fourth-order valence-electron chi connectivity index (χ4n) is 4.02. The van der Waals surface area contributed by atoms with Crippen molar-refractivity contribution < 1.29 is 19.8 Å². The Morgan fingerprint density at radius 1 is 1.19 bits per heavy atom. The molecule has 1 saturated carbocycles. The third kappa shape index (κ3) is 9.05. The molecule has 0 spiro atoms. The highest BCUT2D eigenvalue weighted by atomic mass is 16.4. The van der Waals surface area contributed by atoms with Crippen LogP contribution in [0, 0.1) is 17.3 Å². The molecule has 1 fully saturated rings. The zero-order valence-electron chi connectivity index (χ0n) is 17.6. The number of aliphatic carboxylic acids is 1. The number of carboxylic acid groups (broad SMARTS) is 1. The van der Waals surface area contributed by atoms with Crippen molar-refractivity contribution in [1.29, 1.82) is 0 Å². The van der Waals surface area contributed by atoms with Gasteiger partial charge in [-0.25, -0.2) is 0 Å². The van der Waals surface area contributed by atoms with Gasteiger partial charge in [0.05, 0.1) is 6.10 Å². The van der Waals surface area contributed by atoms with Crippen LogP contribution in [0.4, 0.5) is 0 Å². The summed E-state index contributed by atoms with van der Waals surface area (Å²) in [5.74, 6) is -0.149. The molecule has 0 heterocycles. The Morgan fingerprint density at radius 3 is 2.56 bits per heavy atom. The highest BCUT2D eigenvalue weighted by Gasteiger charge is 2.33. The van der Waals surface area contributed by atoms with Crippen molar-refractivity contribution in [2.75, 3.05) is 0 Å². The molecule has 1 aliphatic carbocycles. The van der Waals surface area contributed by atoms with Crippen molar-refractivity contribution in [3.05, 3.63) is 12.2 Å². The van der Waals surface area contributed by atoms with Crippen LogP contribution in [0.15, 0.2) is 12.2 Å². The number of hydrogen-bond acceptors (Lipinski definition) is 3. The SMILES string of the molecule is CCCCCCC(C)(C)C(O)C=C[C@@H]1CCC(=O)[C@H]1CCCCCC(=O)O. The molecule has 156 valence electrons. The summed E-state index contributed by atoms with van der Waals surface area (Å²) in [6, 6.07) is 0. The highest BCUT2D eigenvalue weighted by molar-refractivity contribution is 5.83. The zero-order chi connectivity index (χ0) is 20.3. The van der Waals surface area contributed by atoms with Gasteiger partial charge in [-0.3, -0.25) is 9.59 Å². The first-order valence-electron chi connectivity index (χ1n) is 10.9. The van der Waals surface area contributed by atoms with Crippen LogP contribution in [0.5, 0.6) is 0 Å². The number of rotatable bonds is 14. The molecular weight excluding hydrogens is 340 g/mol. The summed E-state index contributed by atoms with van der Waals surface area (Å²) in [5.41, 5.74) is -0.140. The summed E-state index contributed by atoms with van der Waals surface area (Å²) < 4.78 is 0. The maximum atomic E-state index is 12.2. The second-order valence-electron chi connectivity index (χ2n) is 8.90. The van der Waals surface area contributed by atoms with E-state index in [1.54, 1.807) is 0 Å². The summed E-state index contributed by atoms with van der Waals surface area (Å²) in [7, 11) is 0. The molecule has 0 aromatic carbocycles. The van der Waals surface area contributed by atoms with E-state index in [4.69, 9.17) is 5.11 Å². The number of hydrogen-bond donors (Lipinski definition) is 2. The average Bonchev–Trinajstić information content (AvgIpc) is 2.96. The van der Waals surface area contributed by atoms with E-state index in [1.807, 2.05) is 6.08 Å². The molecule has 0 aromatic heterocycles. The second kappa shape index (κ2) is 12.3. The number of ketones is 1. The van der Waals surface area contributed by atoms with Crippen molar-refractivity contribution in [2.45, 2.75) is 104 Å². The smallest absolute Gasteiger partial charge is 0.303 e. The lowest BCUT2D eigenvalue weighted by molar-refractivity contribution is -0.137. The summed E-state index contributed by atoms with van der Waals surface area (Å²) in [6.45, 7) is 6.44. The van der Waals surface area contributed by atoms with Crippen LogP contribution in [0.2, 0.25) is 0 Å². The second-order valence-corrected chi connectivity index (χ2v) is 8.90. The lowest BCUT2D eigenvalue weighted by Gasteiger charge is -2.29. The van der Waals surface area contributed by atoms with Crippen LogP contribution in [0.1, 0.15) is 97.8 Å². The molecule has 0 aromatic rings. The molecule has 1 rings (SSSR count). The van der Waals surface area contributed by atoms with Crippen LogP contribution >= 0.6 is 0 Å². The van der Waals surface area contributed by atoms with Gasteiger partial charge >= 0.3 is 5.97 Å². The predicted octanol–water partition coefficient (Wildman–Crippen LogP) is 5.53. The number of carboxylic acids is 1. The minimum absolute atomic E-state index is 0.0472. The largest absolute Gasteiger partial charge is 0.481 e. The minimum atomic E-state index is -0.751. The molecule has 4 heteroatoms. The summed E-state index contributed by atoms with van der Waals surface area (Å²) in [5, 5.41) is 19.3. The van der Waals surface area contributed by atoms with E-state index < -0.39 is 12.1 Å². The summed E-state index contributed by atoms with van der Waals surface area (Å²) in [6.07, 6.45) is 14.4. The molecule has 4 nitrogen and oxygen atoms in total. The Hall–Kier alpha value is -1.16. The molecule has 1 aliphatic rings. The monoisotopic (exact) mass is 380 g/mol. The average molecular weight is 381 g/mol. The maximum Gasteiger partial charge on any atom is 0.303 e. The third-order valence-corrected chi connectivity index (χ3v) is 6.08. The Morgan fingerprint density at radius 2 is 1.89 bits per heavy atom. The summed E-state index contributed by atoms with van der Waals surface area (Å²) >= 11 is 0. The van der Waals surface area contributed by atoms with Gasteiger partial charge in [0, 0.05) is 18.8 Å². The first-order valence-corrected chi connectivity index (χ1v) is 10.9. The van der Waals surface area contributed by atoms with Crippen LogP contribution in [-0.4, -0.2) is 28.1 Å². The number of unbranched alkanes of at least 4 members (excludes halogenated alkanes) is 5. The van der Waals surface area contributed by atoms with Crippen LogP contribution in [0.3, 0.4) is 0 Å². The molecule has 0 amide bonds.